The highest BCUT2D eigenvalue weighted by Gasteiger charge is 2.11. The van der Waals surface area contributed by atoms with E-state index in [1.807, 2.05) is 43.3 Å². The number of nitrogens with one attached hydrogen (secondary N) is 2. The molecule has 146 valence electrons. The van der Waals surface area contributed by atoms with Crippen LogP contribution >= 0.6 is 11.3 Å². The first-order chi connectivity index (χ1) is 14.0. The van der Waals surface area contributed by atoms with Gasteiger partial charge in [-0.2, -0.15) is 5.10 Å². The van der Waals surface area contributed by atoms with Gasteiger partial charge in [-0.25, -0.2) is 4.98 Å². The van der Waals surface area contributed by atoms with Crippen LogP contribution in [-0.2, 0) is 11.3 Å². The van der Waals surface area contributed by atoms with E-state index in [0.717, 1.165) is 32.0 Å². The van der Waals surface area contributed by atoms with Gasteiger partial charge in [0.05, 0.1) is 21.4 Å². The van der Waals surface area contributed by atoms with E-state index in [-0.39, 0.29) is 18.4 Å². The lowest BCUT2D eigenvalue weighted by molar-refractivity contribution is -0.121. The number of likely N-dealkylation sites (N-methyl/N-ethyl adjacent to an activating group) is 1. The van der Waals surface area contributed by atoms with Gasteiger partial charge in [-0.3, -0.25) is 14.3 Å². The number of rotatable bonds is 5. The van der Waals surface area contributed by atoms with Crippen LogP contribution in [0.2, 0.25) is 0 Å². The fourth-order valence-electron chi connectivity index (χ4n) is 2.99. The van der Waals surface area contributed by atoms with E-state index < -0.39 is 0 Å². The van der Waals surface area contributed by atoms with Crippen molar-refractivity contribution in [2.75, 3.05) is 12.4 Å². The van der Waals surface area contributed by atoms with Crippen molar-refractivity contribution in [3.05, 3.63) is 65.4 Å². The van der Waals surface area contributed by atoms with Crippen LogP contribution in [0.5, 0.6) is 0 Å². The molecule has 4 aromatic rings. The van der Waals surface area contributed by atoms with E-state index in [1.54, 1.807) is 41.5 Å². The third kappa shape index (κ3) is 4.17. The van der Waals surface area contributed by atoms with Crippen LogP contribution in [0.25, 0.3) is 21.3 Å². The Balaban J connectivity index is 1.53. The third-order valence-corrected chi connectivity index (χ3v) is 5.36. The summed E-state index contributed by atoms with van der Waals surface area (Å²) in [7, 11) is 1.59. The summed E-state index contributed by atoms with van der Waals surface area (Å²) in [6.07, 6.45) is 3.46. The first-order valence-electron chi connectivity index (χ1n) is 9.04. The van der Waals surface area contributed by atoms with Crippen LogP contribution in [0.1, 0.15) is 15.4 Å². The van der Waals surface area contributed by atoms with Crippen LogP contribution in [-0.4, -0.2) is 33.6 Å². The minimum Gasteiger partial charge on any atom is -0.358 e. The van der Waals surface area contributed by atoms with Gasteiger partial charge in [0.15, 0.2) is 0 Å². The third-order valence-electron chi connectivity index (χ3n) is 4.43. The molecular formula is C21H19N5O2S. The maximum atomic E-state index is 12.7. The molecule has 0 saturated heterocycles. The van der Waals surface area contributed by atoms with E-state index in [0.29, 0.717) is 5.56 Å². The van der Waals surface area contributed by atoms with Gasteiger partial charge in [0.1, 0.15) is 6.54 Å². The second-order valence-electron chi connectivity index (χ2n) is 6.55. The Morgan fingerprint density at radius 1 is 1.14 bits per heavy atom. The molecule has 4 rings (SSSR count). The first-order valence-corrected chi connectivity index (χ1v) is 9.85. The quantitative estimate of drug-likeness (QED) is 0.532. The van der Waals surface area contributed by atoms with E-state index in [4.69, 9.17) is 0 Å². The fourth-order valence-corrected chi connectivity index (χ4v) is 3.85. The van der Waals surface area contributed by atoms with Gasteiger partial charge in [0.25, 0.3) is 5.91 Å². The number of hydrogen-bond donors (Lipinski definition) is 2. The van der Waals surface area contributed by atoms with Gasteiger partial charge < -0.3 is 10.6 Å². The second kappa shape index (κ2) is 7.84. The Bertz CT molecular complexity index is 1210. The molecule has 0 aliphatic heterocycles. The molecule has 8 heteroatoms. The van der Waals surface area contributed by atoms with Crippen molar-refractivity contribution in [2.45, 2.75) is 13.5 Å². The number of fused-ring (bicyclic) bond motifs is 1. The number of aromatic nitrogens is 3. The molecule has 0 aliphatic rings. The summed E-state index contributed by atoms with van der Waals surface area (Å²) in [5, 5.41) is 10.7. The molecule has 0 radical (unpaired) electrons. The summed E-state index contributed by atoms with van der Waals surface area (Å²) in [5.41, 5.74) is 3.90. The minimum atomic E-state index is -0.190. The lowest BCUT2D eigenvalue weighted by atomic mass is 10.1. The number of anilines is 1. The van der Waals surface area contributed by atoms with Crippen LogP contribution in [0.4, 0.5) is 5.69 Å². The topological polar surface area (TPSA) is 88.9 Å². The second-order valence-corrected chi connectivity index (χ2v) is 7.78. The molecule has 0 fully saturated rings. The smallest absolute Gasteiger partial charge is 0.255 e. The number of benzene rings is 2. The van der Waals surface area contributed by atoms with Crippen molar-refractivity contribution in [3.8, 4) is 11.1 Å². The molecule has 0 aliphatic carbocycles. The fraction of sp³-hybridized carbons (Fsp3) is 0.143. The molecular weight excluding hydrogens is 386 g/mol. The standard InChI is InChI=1S/C21H19N5O2S/c1-13-24-18-7-6-17(9-19(18)29-13)25-21(28)15-5-3-4-14(8-15)16-10-23-26(11-16)12-20(27)22-2/h3-11H,12H2,1-2H3,(H,22,27)(H,25,28). The predicted octanol–water partition coefficient (Wildman–Crippen LogP) is 3.47. The summed E-state index contributed by atoms with van der Waals surface area (Å²) in [6.45, 7) is 2.11. The number of hydrogen-bond acceptors (Lipinski definition) is 5. The van der Waals surface area contributed by atoms with E-state index in [1.165, 1.54) is 0 Å². The van der Waals surface area contributed by atoms with Gasteiger partial charge in [-0.05, 0) is 42.8 Å². The van der Waals surface area contributed by atoms with Crippen molar-refractivity contribution >= 4 is 39.1 Å². The van der Waals surface area contributed by atoms with Gasteiger partial charge in [-0.15, -0.1) is 11.3 Å². The van der Waals surface area contributed by atoms with Gasteiger partial charge in [0.2, 0.25) is 5.91 Å². The number of carbonyl (C=O) groups excluding carboxylic acids is 2. The molecule has 2 N–H and O–H groups in total. The summed E-state index contributed by atoms with van der Waals surface area (Å²) in [5.74, 6) is -0.314. The number of nitrogens with zero attached hydrogens (tertiary/aromatic N) is 3. The maximum absolute atomic E-state index is 12.7. The Hall–Kier alpha value is -3.52. The van der Waals surface area contributed by atoms with Crippen LogP contribution < -0.4 is 10.6 Å². The van der Waals surface area contributed by atoms with E-state index in [9.17, 15) is 9.59 Å². The number of amides is 2. The van der Waals surface area contributed by atoms with E-state index in [2.05, 4.69) is 20.7 Å². The van der Waals surface area contributed by atoms with Crippen molar-refractivity contribution in [1.29, 1.82) is 0 Å². The zero-order valence-electron chi connectivity index (χ0n) is 16.0. The molecule has 2 aromatic carbocycles. The summed E-state index contributed by atoms with van der Waals surface area (Å²) in [6, 6.07) is 13.0. The first kappa shape index (κ1) is 18.8. The highest BCUT2D eigenvalue weighted by Crippen LogP contribution is 2.25. The average Bonchev–Trinajstić information content (AvgIpc) is 3.33. The highest BCUT2D eigenvalue weighted by atomic mass is 32.1. The highest BCUT2D eigenvalue weighted by molar-refractivity contribution is 7.18. The molecule has 0 unspecified atom stereocenters. The molecule has 0 saturated carbocycles. The van der Waals surface area contributed by atoms with Crippen molar-refractivity contribution in [1.82, 2.24) is 20.1 Å². The van der Waals surface area contributed by atoms with Gasteiger partial charge in [0, 0.05) is 30.1 Å². The molecule has 7 nitrogen and oxygen atoms in total. The van der Waals surface area contributed by atoms with Crippen molar-refractivity contribution < 1.29 is 9.59 Å². The number of thiazole rings is 1. The molecule has 2 amide bonds. The number of carbonyl (C=O) groups is 2. The van der Waals surface area contributed by atoms with Gasteiger partial charge >= 0.3 is 0 Å². The predicted molar refractivity (Wildman–Crippen MR) is 114 cm³/mol. The zero-order chi connectivity index (χ0) is 20.4. The molecule has 0 spiro atoms. The Kier molecular flexibility index (Phi) is 5.09. The van der Waals surface area contributed by atoms with Crippen molar-refractivity contribution in [3.63, 3.8) is 0 Å². The molecule has 2 aromatic heterocycles. The van der Waals surface area contributed by atoms with Gasteiger partial charge in [-0.1, -0.05) is 12.1 Å². The van der Waals surface area contributed by atoms with Crippen LogP contribution in [0.15, 0.2) is 54.9 Å². The Morgan fingerprint density at radius 2 is 2.00 bits per heavy atom. The number of aryl methyl sites for hydroxylation is 1. The van der Waals surface area contributed by atoms with Crippen molar-refractivity contribution in [2.24, 2.45) is 0 Å². The summed E-state index contributed by atoms with van der Waals surface area (Å²) >= 11 is 1.60. The van der Waals surface area contributed by atoms with Crippen LogP contribution in [0.3, 0.4) is 0 Å². The summed E-state index contributed by atoms with van der Waals surface area (Å²) < 4.78 is 2.60. The minimum absolute atomic E-state index is 0.124. The maximum Gasteiger partial charge on any atom is 0.255 e. The van der Waals surface area contributed by atoms with E-state index >= 15 is 0 Å². The molecule has 29 heavy (non-hydrogen) atoms. The largest absolute Gasteiger partial charge is 0.358 e. The SMILES string of the molecule is CNC(=O)Cn1cc(-c2cccc(C(=O)Nc3ccc4nc(C)sc4c3)c2)cn1. The lowest BCUT2D eigenvalue weighted by Crippen LogP contribution is -2.23. The monoisotopic (exact) mass is 405 g/mol. The lowest BCUT2D eigenvalue weighted by Gasteiger charge is -2.07. The average molecular weight is 405 g/mol. The summed E-state index contributed by atoms with van der Waals surface area (Å²) in [4.78, 5) is 28.7. The molecule has 0 atom stereocenters. The van der Waals surface area contributed by atoms with Crippen LogP contribution in [0, 0.1) is 6.92 Å². The normalized spacial score (nSPS) is 10.8. The Morgan fingerprint density at radius 3 is 2.83 bits per heavy atom. The molecule has 2 heterocycles. The zero-order valence-corrected chi connectivity index (χ0v) is 16.8. The molecule has 0 bridgehead atoms. The Labute approximate surface area is 171 Å².